The van der Waals surface area contributed by atoms with E-state index < -0.39 is 16.3 Å². The van der Waals surface area contributed by atoms with Crippen molar-refractivity contribution in [1.82, 2.24) is 19.2 Å². The Bertz CT molecular complexity index is 724. The predicted molar refractivity (Wildman–Crippen MR) is 81.0 cm³/mol. The van der Waals surface area contributed by atoms with Crippen LogP contribution in [0.25, 0.3) is 11.4 Å². The van der Waals surface area contributed by atoms with Crippen LogP contribution in [0.3, 0.4) is 0 Å². The molecule has 1 fully saturated rings. The van der Waals surface area contributed by atoms with Gasteiger partial charge in [0.2, 0.25) is 11.7 Å². The van der Waals surface area contributed by atoms with Gasteiger partial charge in [0, 0.05) is 18.7 Å². The van der Waals surface area contributed by atoms with E-state index in [1.165, 1.54) is 4.31 Å². The average molecular weight is 322 g/mol. The van der Waals surface area contributed by atoms with E-state index in [2.05, 4.69) is 14.9 Å². The van der Waals surface area contributed by atoms with Crippen LogP contribution >= 0.6 is 0 Å². The zero-order valence-electron chi connectivity index (χ0n) is 12.3. The van der Waals surface area contributed by atoms with Gasteiger partial charge in [-0.15, -0.1) is 0 Å². The summed E-state index contributed by atoms with van der Waals surface area (Å²) >= 11 is 0. The van der Waals surface area contributed by atoms with E-state index in [0.717, 1.165) is 18.4 Å². The maximum Gasteiger partial charge on any atom is 0.280 e. The Kier molecular flexibility index (Phi) is 4.23. The molecule has 1 atom stereocenters. The smallest absolute Gasteiger partial charge is 0.280 e. The van der Waals surface area contributed by atoms with Gasteiger partial charge in [0.1, 0.15) is 0 Å². The molecular weight excluding hydrogens is 304 g/mol. The van der Waals surface area contributed by atoms with E-state index in [9.17, 15) is 8.42 Å². The second-order valence-electron chi connectivity index (χ2n) is 5.27. The molecule has 1 aliphatic rings. The van der Waals surface area contributed by atoms with Gasteiger partial charge in [-0.1, -0.05) is 35.5 Å². The van der Waals surface area contributed by atoms with Crippen molar-refractivity contribution in [2.45, 2.75) is 25.8 Å². The summed E-state index contributed by atoms with van der Waals surface area (Å²) in [6.45, 7) is 2.80. The Morgan fingerprint density at radius 3 is 2.59 bits per heavy atom. The van der Waals surface area contributed by atoms with E-state index in [0.29, 0.717) is 18.9 Å². The van der Waals surface area contributed by atoms with Crippen molar-refractivity contribution >= 4 is 10.2 Å². The number of hydrogen-bond donors (Lipinski definition) is 1. The summed E-state index contributed by atoms with van der Waals surface area (Å²) in [5.74, 6) is 0.699. The quantitative estimate of drug-likeness (QED) is 0.905. The number of aromatic nitrogens is 2. The Labute approximate surface area is 129 Å². The van der Waals surface area contributed by atoms with Crippen molar-refractivity contribution in [2.75, 3.05) is 13.1 Å². The second-order valence-corrected chi connectivity index (χ2v) is 6.98. The SMILES string of the molecule is C[C@H](NS(=O)(=O)N1CCCC1)c1nc(-c2ccccc2)no1. The van der Waals surface area contributed by atoms with Gasteiger partial charge >= 0.3 is 0 Å². The van der Waals surface area contributed by atoms with Crippen molar-refractivity contribution in [3.05, 3.63) is 36.2 Å². The third-order valence-electron chi connectivity index (χ3n) is 3.57. The molecule has 3 rings (SSSR count). The third kappa shape index (κ3) is 3.18. The van der Waals surface area contributed by atoms with Crippen molar-refractivity contribution in [3.63, 3.8) is 0 Å². The lowest BCUT2D eigenvalue weighted by atomic mass is 10.2. The molecule has 118 valence electrons. The molecule has 0 radical (unpaired) electrons. The number of rotatable bonds is 5. The lowest BCUT2D eigenvalue weighted by Gasteiger charge is -2.18. The lowest BCUT2D eigenvalue weighted by Crippen LogP contribution is -2.40. The van der Waals surface area contributed by atoms with Gasteiger partial charge in [-0.2, -0.15) is 22.4 Å². The summed E-state index contributed by atoms with van der Waals surface area (Å²) in [6, 6.07) is 8.82. The van der Waals surface area contributed by atoms with E-state index >= 15 is 0 Å². The van der Waals surface area contributed by atoms with E-state index in [4.69, 9.17) is 4.52 Å². The molecule has 2 aromatic rings. The molecule has 0 spiro atoms. The molecule has 2 heterocycles. The monoisotopic (exact) mass is 322 g/mol. The molecule has 0 amide bonds. The average Bonchev–Trinajstić information content (AvgIpc) is 3.20. The summed E-state index contributed by atoms with van der Waals surface area (Å²) in [4.78, 5) is 4.27. The minimum Gasteiger partial charge on any atom is -0.337 e. The molecule has 0 bridgehead atoms. The van der Waals surface area contributed by atoms with Crippen molar-refractivity contribution in [2.24, 2.45) is 0 Å². The molecule has 1 aromatic carbocycles. The van der Waals surface area contributed by atoms with Crippen LogP contribution in [0.2, 0.25) is 0 Å². The zero-order chi connectivity index (χ0) is 15.6. The number of nitrogens with zero attached hydrogens (tertiary/aromatic N) is 3. The van der Waals surface area contributed by atoms with Crippen LogP contribution in [0.4, 0.5) is 0 Å². The van der Waals surface area contributed by atoms with Crippen LogP contribution in [0, 0.1) is 0 Å². The predicted octanol–water partition coefficient (Wildman–Crippen LogP) is 1.73. The van der Waals surface area contributed by atoms with Crippen LogP contribution in [-0.4, -0.2) is 36.0 Å². The first kappa shape index (κ1) is 15.1. The topological polar surface area (TPSA) is 88.3 Å². The Hall–Kier alpha value is -1.77. The highest BCUT2D eigenvalue weighted by atomic mass is 32.2. The molecule has 0 aliphatic carbocycles. The highest BCUT2D eigenvalue weighted by Crippen LogP contribution is 2.20. The summed E-state index contributed by atoms with van der Waals surface area (Å²) in [5.41, 5.74) is 0.826. The molecule has 0 unspecified atom stereocenters. The molecule has 1 saturated heterocycles. The first-order chi connectivity index (χ1) is 10.6. The largest absolute Gasteiger partial charge is 0.337 e. The summed E-state index contributed by atoms with van der Waals surface area (Å²) in [7, 11) is -3.51. The number of benzene rings is 1. The summed E-state index contributed by atoms with van der Waals surface area (Å²) in [5, 5.41) is 3.90. The van der Waals surface area contributed by atoms with Gasteiger partial charge in [-0.05, 0) is 19.8 Å². The lowest BCUT2D eigenvalue weighted by molar-refractivity contribution is 0.349. The fourth-order valence-electron chi connectivity index (χ4n) is 2.39. The molecule has 0 saturated carbocycles. The van der Waals surface area contributed by atoms with E-state index in [-0.39, 0.29) is 5.89 Å². The van der Waals surface area contributed by atoms with Crippen LogP contribution in [0.15, 0.2) is 34.9 Å². The molecule has 7 nitrogen and oxygen atoms in total. The van der Waals surface area contributed by atoms with Crippen molar-refractivity contribution in [3.8, 4) is 11.4 Å². The van der Waals surface area contributed by atoms with Crippen molar-refractivity contribution < 1.29 is 12.9 Å². The van der Waals surface area contributed by atoms with Gasteiger partial charge in [-0.3, -0.25) is 0 Å². The first-order valence-corrected chi connectivity index (χ1v) is 8.67. The number of nitrogens with one attached hydrogen (secondary N) is 1. The minimum absolute atomic E-state index is 0.252. The molecule has 1 aromatic heterocycles. The summed E-state index contributed by atoms with van der Waals surface area (Å²) < 4.78 is 33.6. The van der Waals surface area contributed by atoms with Crippen LogP contribution in [-0.2, 0) is 10.2 Å². The zero-order valence-corrected chi connectivity index (χ0v) is 13.1. The van der Waals surface area contributed by atoms with Gasteiger partial charge in [0.15, 0.2) is 0 Å². The highest BCUT2D eigenvalue weighted by molar-refractivity contribution is 7.87. The summed E-state index contributed by atoms with van der Waals surface area (Å²) in [6.07, 6.45) is 1.79. The Morgan fingerprint density at radius 2 is 1.91 bits per heavy atom. The standard InChI is InChI=1S/C14H18N4O3S/c1-11(17-22(19,20)18-9-5-6-10-18)14-15-13(16-21-14)12-7-3-2-4-8-12/h2-4,7-8,11,17H,5-6,9-10H2,1H3/t11-/m0/s1. The van der Waals surface area contributed by atoms with E-state index in [1.807, 2.05) is 30.3 Å². The van der Waals surface area contributed by atoms with Gasteiger partial charge < -0.3 is 4.52 Å². The molecular formula is C14H18N4O3S. The maximum atomic E-state index is 12.2. The first-order valence-electron chi connectivity index (χ1n) is 7.23. The number of hydrogen-bond acceptors (Lipinski definition) is 5. The molecule has 1 aliphatic heterocycles. The van der Waals surface area contributed by atoms with Crippen LogP contribution in [0.5, 0.6) is 0 Å². The molecule has 1 N–H and O–H groups in total. The highest BCUT2D eigenvalue weighted by Gasteiger charge is 2.28. The van der Waals surface area contributed by atoms with Gasteiger partial charge in [0.05, 0.1) is 6.04 Å². The van der Waals surface area contributed by atoms with Gasteiger partial charge in [0.25, 0.3) is 10.2 Å². The second kappa shape index (κ2) is 6.15. The van der Waals surface area contributed by atoms with E-state index in [1.54, 1.807) is 6.92 Å². The minimum atomic E-state index is -3.51. The van der Waals surface area contributed by atoms with Crippen molar-refractivity contribution in [1.29, 1.82) is 0 Å². The van der Waals surface area contributed by atoms with Gasteiger partial charge in [-0.25, -0.2) is 0 Å². The van der Waals surface area contributed by atoms with Crippen LogP contribution in [0.1, 0.15) is 31.7 Å². The Morgan fingerprint density at radius 1 is 1.23 bits per heavy atom. The maximum absolute atomic E-state index is 12.2. The molecule has 8 heteroatoms. The third-order valence-corrected chi connectivity index (χ3v) is 5.27. The fraction of sp³-hybridized carbons (Fsp3) is 0.429. The fourth-order valence-corrected chi connectivity index (χ4v) is 3.83. The molecule has 22 heavy (non-hydrogen) atoms. The van der Waals surface area contributed by atoms with Crippen LogP contribution < -0.4 is 4.72 Å². The Balaban J connectivity index is 1.73. The normalized spacial score (nSPS) is 17.7.